The number of ether oxygens (including phenoxy) is 1. The molecule has 0 heterocycles. The minimum absolute atomic E-state index is 0.762. The van der Waals surface area contributed by atoms with Crippen LogP contribution in [0.25, 0.3) is 0 Å². The third-order valence-corrected chi connectivity index (χ3v) is 3.25. The highest BCUT2D eigenvalue weighted by Crippen LogP contribution is 2.18. The lowest BCUT2D eigenvalue weighted by atomic mass is 10.1. The number of rotatable bonds is 8. The molecule has 0 fully saturated rings. The topological polar surface area (TPSA) is 21.3 Å². The zero-order chi connectivity index (χ0) is 14.0. The first-order valence-corrected chi connectivity index (χ1v) is 7.35. The summed E-state index contributed by atoms with van der Waals surface area (Å²) in [6.45, 7) is 4.72. The molecule has 0 saturated carbocycles. The molecule has 0 aliphatic carbocycles. The Morgan fingerprint density at radius 1 is 0.950 bits per heavy atom. The van der Waals surface area contributed by atoms with E-state index in [9.17, 15) is 0 Å². The highest BCUT2D eigenvalue weighted by atomic mass is 16.5. The first-order valence-electron chi connectivity index (χ1n) is 7.35. The van der Waals surface area contributed by atoms with Crippen LogP contribution >= 0.6 is 0 Å². The van der Waals surface area contributed by atoms with Gasteiger partial charge in [0.15, 0.2) is 0 Å². The standard InChI is InChI=1S/C18H23NO/c1-2-19-15-17-12-6-7-13-18(17)20-14-8-11-16-9-4-3-5-10-16/h3-7,9-10,12-13,19H,2,8,11,14-15H2,1H3. The Morgan fingerprint density at radius 3 is 2.50 bits per heavy atom. The van der Waals surface area contributed by atoms with Crippen molar-refractivity contribution in [2.24, 2.45) is 0 Å². The van der Waals surface area contributed by atoms with Gasteiger partial charge in [0.25, 0.3) is 0 Å². The van der Waals surface area contributed by atoms with Crippen LogP contribution in [-0.2, 0) is 13.0 Å². The van der Waals surface area contributed by atoms with Crippen LogP contribution in [0.15, 0.2) is 54.6 Å². The van der Waals surface area contributed by atoms with Gasteiger partial charge in [-0.2, -0.15) is 0 Å². The van der Waals surface area contributed by atoms with E-state index in [2.05, 4.69) is 60.8 Å². The molecule has 20 heavy (non-hydrogen) atoms. The largest absolute Gasteiger partial charge is 0.493 e. The van der Waals surface area contributed by atoms with Crippen molar-refractivity contribution >= 4 is 0 Å². The molecule has 2 aromatic carbocycles. The van der Waals surface area contributed by atoms with Gasteiger partial charge in [0.2, 0.25) is 0 Å². The summed E-state index contributed by atoms with van der Waals surface area (Å²) < 4.78 is 5.92. The Hall–Kier alpha value is -1.80. The SMILES string of the molecule is CCNCc1ccccc1OCCCc1ccccc1. The normalized spacial score (nSPS) is 10.4. The number of aryl methyl sites for hydroxylation is 1. The van der Waals surface area contributed by atoms with E-state index in [0.29, 0.717) is 0 Å². The Kier molecular flexibility index (Phi) is 6.12. The lowest BCUT2D eigenvalue weighted by Gasteiger charge is -2.11. The summed E-state index contributed by atoms with van der Waals surface area (Å²) >= 11 is 0. The second-order valence-electron chi connectivity index (χ2n) is 4.83. The van der Waals surface area contributed by atoms with Crippen LogP contribution in [0.2, 0.25) is 0 Å². The van der Waals surface area contributed by atoms with Crippen molar-refractivity contribution in [1.29, 1.82) is 0 Å². The average molecular weight is 269 g/mol. The fourth-order valence-corrected chi connectivity index (χ4v) is 2.15. The zero-order valence-corrected chi connectivity index (χ0v) is 12.1. The first-order chi connectivity index (χ1) is 9.90. The van der Waals surface area contributed by atoms with Crippen LogP contribution in [0.1, 0.15) is 24.5 Å². The van der Waals surface area contributed by atoms with Gasteiger partial charge in [-0.05, 0) is 31.0 Å². The summed E-state index contributed by atoms with van der Waals surface area (Å²) in [5.41, 5.74) is 2.60. The molecule has 0 atom stereocenters. The molecule has 0 aromatic heterocycles. The average Bonchev–Trinajstić information content (AvgIpc) is 2.51. The third-order valence-electron chi connectivity index (χ3n) is 3.25. The van der Waals surface area contributed by atoms with Crippen molar-refractivity contribution in [3.63, 3.8) is 0 Å². The van der Waals surface area contributed by atoms with Gasteiger partial charge in [0, 0.05) is 12.1 Å². The number of benzene rings is 2. The summed E-state index contributed by atoms with van der Waals surface area (Å²) in [5, 5.41) is 3.34. The second kappa shape index (κ2) is 8.39. The first kappa shape index (κ1) is 14.6. The fraction of sp³-hybridized carbons (Fsp3) is 0.333. The molecule has 0 aliphatic heterocycles. The van der Waals surface area contributed by atoms with Crippen LogP contribution in [-0.4, -0.2) is 13.2 Å². The molecule has 0 bridgehead atoms. The molecule has 0 amide bonds. The highest BCUT2D eigenvalue weighted by molar-refractivity contribution is 5.33. The second-order valence-corrected chi connectivity index (χ2v) is 4.83. The number of nitrogens with one attached hydrogen (secondary N) is 1. The van der Waals surface area contributed by atoms with Crippen molar-refractivity contribution in [1.82, 2.24) is 5.32 Å². The molecule has 0 unspecified atom stereocenters. The number of para-hydroxylation sites is 1. The Bertz CT molecular complexity index is 496. The van der Waals surface area contributed by atoms with E-state index in [4.69, 9.17) is 4.74 Å². The highest BCUT2D eigenvalue weighted by Gasteiger charge is 2.02. The van der Waals surface area contributed by atoms with Crippen molar-refractivity contribution in [3.8, 4) is 5.75 Å². The molecule has 2 heteroatoms. The summed E-state index contributed by atoms with van der Waals surface area (Å²) in [4.78, 5) is 0. The lowest BCUT2D eigenvalue weighted by Crippen LogP contribution is -2.13. The number of hydrogen-bond donors (Lipinski definition) is 1. The molecule has 2 rings (SSSR count). The lowest BCUT2D eigenvalue weighted by molar-refractivity contribution is 0.307. The van der Waals surface area contributed by atoms with Crippen LogP contribution in [0.4, 0.5) is 0 Å². The molecule has 0 saturated heterocycles. The monoisotopic (exact) mass is 269 g/mol. The van der Waals surface area contributed by atoms with Gasteiger partial charge >= 0.3 is 0 Å². The Labute approximate surface area is 121 Å². The minimum Gasteiger partial charge on any atom is -0.493 e. The molecule has 0 spiro atoms. The summed E-state index contributed by atoms with van der Waals surface area (Å²) in [6, 6.07) is 18.8. The molecular weight excluding hydrogens is 246 g/mol. The van der Waals surface area contributed by atoms with Gasteiger partial charge in [-0.25, -0.2) is 0 Å². The van der Waals surface area contributed by atoms with E-state index < -0.39 is 0 Å². The Morgan fingerprint density at radius 2 is 1.70 bits per heavy atom. The van der Waals surface area contributed by atoms with Gasteiger partial charge in [0.1, 0.15) is 5.75 Å². The maximum Gasteiger partial charge on any atom is 0.123 e. The van der Waals surface area contributed by atoms with Gasteiger partial charge in [-0.1, -0.05) is 55.5 Å². The Balaban J connectivity index is 1.79. The minimum atomic E-state index is 0.762. The molecule has 0 aliphatic rings. The smallest absolute Gasteiger partial charge is 0.123 e. The predicted octanol–water partition coefficient (Wildman–Crippen LogP) is 3.81. The quantitative estimate of drug-likeness (QED) is 0.736. The summed E-state index contributed by atoms with van der Waals surface area (Å²) in [5.74, 6) is 1.00. The van der Waals surface area contributed by atoms with Crippen molar-refractivity contribution in [3.05, 3.63) is 65.7 Å². The molecular formula is C18H23NO. The van der Waals surface area contributed by atoms with E-state index in [1.165, 1.54) is 11.1 Å². The summed E-state index contributed by atoms with van der Waals surface area (Å²) in [7, 11) is 0. The zero-order valence-electron chi connectivity index (χ0n) is 12.1. The molecule has 106 valence electrons. The van der Waals surface area contributed by atoms with Crippen LogP contribution < -0.4 is 10.1 Å². The maximum atomic E-state index is 5.92. The van der Waals surface area contributed by atoms with Crippen molar-refractivity contribution in [2.45, 2.75) is 26.3 Å². The molecule has 2 nitrogen and oxygen atoms in total. The van der Waals surface area contributed by atoms with Crippen LogP contribution in [0, 0.1) is 0 Å². The molecule has 1 N–H and O–H groups in total. The van der Waals surface area contributed by atoms with Gasteiger partial charge < -0.3 is 10.1 Å². The van der Waals surface area contributed by atoms with Crippen LogP contribution in [0.3, 0.4) is 0 Å². The third kappa shape index (κ3) is 4.71. The predicted molar refractivity (Wildman–Crippen MR) is 84.1 cm³/mol. The van der Waals surface area contributed by atoms with E-state index >= 15 is 0 Å². The maximum absolute atomic E-state index is 5.92. The van der Waals surface area contributed by atoms with Crippen molar-refractivity contribution < 1.29 is 4.74 Å². The van der Waals surface area contributed by atoms with E-state index in [1.54, 1.807) is 0 Å². The van der Waals surface area contributed by atoms with E-state index in [1.807, 2.05) is 6.07 Å². The van der Waals surface area contributed by atoms with E-state index in [-0.39, 0.29) is 0 Å². The van der Waals surface area contributed by atoms with Crippen LogP contribution in [0.5, 0.6) is 5.75 Å². The van der Waals surface area contributed by atoms with Gasteiger partial charge in [0.05, 0.1) is 6.61 Å². The summed E-state index contributed by atoms with van der Waals surface area (Å²) in [6.07, 6.45) is 2.11. The fourth-order valence-electron chi connectivity index (χ4n) is 2.15. The van der Waals surface area contributed by atoms with E-state index in [0.717, 1.165) is 38.3 Å². The van der Waals surface area contributed by atoms with Gasteiger partial charge in [-0.3, -0.25) is 0 Å². The van der Waals surface area contributed by atoms with Gasteiger partial charge in [-0.15, -0.1) is 0 Å². The molecule has 2 aromatic rings. The number of hydrogen-bond acceptors (Lipinski definition) is 2. The van der Waals surface area contributed by atoms with Crippen molar-refractivity contribution in [2.75, 3.05) is 13.2 Å². The molecule has 0 radical (unpaired) electrons.